The van der Waals surface area contributed by atoms with Gasteiger partial charge in [0, 0.05) is 13.0 Å². The van der Waals surface area contributed by atoms with Crippen molar-refractivity contribution < 1.29 is 27.6 Å². The Morgan fingerprint density at radius 1 is 1.48 bits per heavy atom. The smallest absolute Gasteiger partial charge is 0.441 e. The summed E-state index contributed by atoms with van der Waals surface area (Å²) in [7, 11) is 0. The Hall–Kier alpha value is -2.45. The van der Waals surface area contributed by atoms with Gasteiger partial charge in [-0.2, -0.15) is 0 Å². The third-order valence-electron chi connectivity index (χ3n) is 4.27. The highest BCUT2D eigenvalue weighted by atomic mass is 19.1. The number of alkyl halides is 1. The number of aliphatic imine (C=N–C) groups is 1. The van der Waals surface area contributed by atoms with E-state index in [4.69, 9.17) is 9.15 Å². The van der Waals surface area contributed by atoms with Gasteiger partial charge in [-0.3, -0.25) is 9.69 Å². The van der Waals surface area contributed by atoms with Gasteiger partial charge in [-0.15, -0.1) is 0 Å². The summed E-state index contributed by atoms with van der Waals surface area (Å²) in [5, 5.41) is 0. The fourth-order valence-electron chi connectivity index (χ4n) is 2.97. The maximum absolute atomic E-state index is 14.8. The molecule has 0 aliphatic carbocycles. The van der Waals surface area contributed by atoms with Crippen molar-refractivity contribution in [1.82, 2.24) is 4.90 Å². The van der Waals surface area contributed by atoms with Gasteiger partial charge in [-0.25, -0.2) is 19.0 Å². The second kappa shape index (κ2) is 7.62. The van der Waals surface area contributed by atoms with Crippen LogP contribution in [0.1, 0.15) is 44.1 Å². The fourth-order valence-corrected chi connectivity index (χ4v) is 2.97. The summed E-state index contributed by atoms with van der Waals surface area (Å²) in [5.41, 5.74) is -1.52. The van der Waals surface area contributed by atoms with Crippen LogP contribution in [0.2, 0.25) is 0 Å². The molecule has 0 radical (unpaired) electrons. The zero-order valence-electron chi connectivity index (χ0n) is 14.2. The van der Waals surface area contributed by atoms with Gasteiger partial charge in [0.05, 0.1) is 0 Å². The summed E-state index contributed by atoms with van der Waals surface area (Å²) in [5.74, 6) is -1.30. The van der Waals surface area contributed by atoms with E-state index in [1.807, 2.05) is 6.92 Å². The standard InChI is InChI=1S/C16H21FN2O6/c1-4-5-16(17)6-7-19(11(8-16)13(20)18-3)14(21)23-9-12-10(2)24-15(22)25-12/h11H,3-9H2,1-2H3/t11-,16?/m0/s1. The minimum Gasteiger partial charge on any atom is -0.441 e. The highest BCUT2D eigenvalue weighted by Gasteiger charge is 2.44. The van der Waals surface area contributed by atoms with Crippen molar-refractivity contribution in [2.75, 3.05) is 6.54 Å². The average molecular weight is 356 g/mol. The van der Waals surface area contributed by atoms with Gasteiger partial charge in [-0.05, 0) is 26.5 Å². The predicted octanol–water partition coefficient (Wildman–Crippen LogP) is 2.38. The molecule has 0 bridgehead atoms. The van der Waals surface area contributed by atoms with E-state index in [1.54, 1.807) is 0 Å². The fraction of sp³-hybridized carbons (Fsp3) is 0.625. The molecule has 1 aliphatic rings. The molecule has 0 N–H and O–H groups in total. The summed E-state index contributed by atoms with van der Waals surface area (Å²) in [6.45, 7) is 6.21. The van der Waals surface area contributed by atoms with Crippen molar-refractivity contribution in [2.45, 2.75) is 57.8 Å². The Kier molecular flexibility index (Phi) is 5.76. The number of hydrogen-bond donors (Lipinski definition) is 0. The molecule has 0 spiro atoms. The molecule has 1 fully saturated rings. The molecule has 1 saturated heterocycles. The first-order chi connectivity index (χ1) is 11.8. The summed E-state index contributed by atoms with van der Waals surface area (Å²) >= 11 is 0. The van der Waals surface area contributed by atoms with Crippen LogP contribution in [-0.2, 0) is 16.1 Å². The zero-order chi connectivity index (χ0) is 18.6. The number of piperidine rings is 1. The molecular weight excluding hydrogens is 335 g/mol. The molecule has 25 heavy (non-hydrogen) atoms. The summed E-state index contributed by atoms with van der Waals surface area (Å²) < 4.78 is 29.3. The molecule has 2 atom stereocenters. The van der Waals surface area contributed by atoms with Crippen LogP contribution in [-0.4, -0.2) is 41.9 Å². The molecule has 1 aromatic heterocycles. The summed E-state index contributed by atoms with van der Waals surface area (Å²) in [4.78, 5) is 39.7. The minimum absolute atomic E-state index is 0.0234. The maximum atomic E-state index is 14.8. The average Bonchev–Trinajstić information content (AvgIpc) is 2.89. The number of halogens is 1. The Labute approximate surface area is 143 Å². The van der Waals surface area contributed by atoms with Crippen molar-refractivity contribution in [3.63, 3.8) is 0 Å². The van der Waals surface area contributed by atoms with Crippen LogP contribution in [0.15, 0.2) is 18.6 Å². The number of carbonyl (C=O) groups excluding carboxylic acids is 2. The monoisotopic (exact) mass is 356 g/mol. The van der Waals surface area contributed by atoms with E-state index in [0.29, 0.717) is 12.8 Å². The Balaban J connectivity index is 2.08. The largest absolute Gasteiger partial charge is 0.519 e. The lowest BCUT2D eigenvalue weighted by molar-refractivity contribution is -0.126. The lowest BCUT2D eigenvalue weighted by atomic mass is 9.84. The molecular formula is C16H21FN2O6. The number of aryl methyl sites for hydroxylation is 1. The highest BCUT2D eigenvalue weighted by Crippen LogP contribution is 2.35. The molecule has 2 amide bonds. The van der Waals surface area contributed by atoms with Crippen LogP contribution in [0.3, 0.4) is 0 Å². The first-order valence-electron chi connectivity index (χ1n) is 8.02. The number of likely N-dealkylation sites (tertiary alicyclic amines) is 1. The van der Waals surface area contributed by atoms with E-state index >= 15 is 0 Å². The van der Waals surface area contributed by atoms with Gasteiger partial charge in [0.25, 0.3) is 5.91 Å². The second-order valence-electron chi connectivity index (χ2n) is 6.05. The molecule has 0 aromatic carbocycles. The third-order valence-corrected chi connectivity index (χ3v) is 4.27. The predicted molar refractivity (Wildman–Crippen MR) is 85.2 cm³/mol. The molecule has 1 aromatic rings. The molecule has 0 saturated carbocycles. The van der Waals surface area contributed by atoms with E-state index in [0.717, 1.165) is 4.90 Å². The lowest BCUT2D eigenvalue weighted by Gasteiger charge is -2.40. The Morgan fingerprint density at radius 3 is 2.76 bits per heavy atom. The van der Waals surface area contributed by atoms with Crippen LogP contribution in [0, 0.1) is 6.92 Å². The van der Waals surface area contributed by atoms with E-state index in [9.17, 15) is 18.8 Å². The summed E-state index contributed by atoms with van der Waals surface area (Å²) in [6.07, 6.45) is 0.0756. The Morgan fingerprint density at radius 2 is 2.20 bits per heavy atom. The number of carbonyl (C=O) groups is 2. The van der Waals surface area contributed by atoms with Crippen LogP contribution < -0.4 is 5.82 Å². The van der Waals surface area contributed by atoms with Crippen molar-refractivity contribution in [2.24, 2.45) is 4.99 Å². The normalized spacial score (nSPS) is 23.3. The van der Waals surface area contributed by atoms with Crippen LogP contribution in [0.4, 0.5) is 9.18 Å². The van der Waals surface area contributed by atoms with Crippen molar-refractivity contribution in [3.05, 3.63) is 22.1 Å². The van der Waals surface area contributed by atoms with Gasteiger partial charge >= 0.3 is 11.9 Å². The van der Waals surface area contributed by atoms with E-state index in [1.165, 1.54) is 6.92 Å². The maximum Gasteiger partial charge on any atom is 0.519 e. The van der Waals surface area contributed by atoms with Gasteiger partial charge in [0.2, 0.25) is 0 Å². The first-order valence-corrected chi connectivity index (χ1v) is 8.02. The number of amides is 2. The zero-order valence-corrected chi connectivity index (χ0v) is 14.2. The van der Waals surface area contributed by atoms with E-state index in [-0.39, 0.29) is 37.5 Å². The molecule has 138 valence electrons. The van der Waals surface area contributed by atoms with Crippen LogP contribution in [0.5, 0.6) is 0 Å². The van der Waals surface area contributed by atoms with Crippen LogP contribution in [0.25, 0.3) is 0 Å². The van der Waals surface area contributed by atoms with E-state index < -0.39 is 29.5 Å². The lowest BCUT2D eigenvalue weighted by Crippen LogP contribution is -2.54. The molecule has 9 heteroatoms. The van der Waals surface area contributed by atoms with Gasteiger partial charge in [0.15, 0.2) is 18.1 Å². The molecule has 1 aliphatic heterocycles. The minimum atomic E-state index is -1.52. The van der Waals surface area contributed by atoms with Crippen LogP contribution >= 0.6 is 0 Å². The number of hydrogen-bond acceptors (Lipinski definition) is 6. The molecule has 1 unspecified atom stereocenters. The molecule has 2 rings (SSSR count). The highest BCUT2D eigenvalue weighted by molar-refractivity contribution is 5.89. The number of rotatable bonds is 5. The van der Waals surface area contributed by atoms with Crippen molar-refractivity contribution >= 4 is 18.7 Å². The van der Waals surface area contributed by atoms with Crippen molar-refractivity contribution in [3.8, 4) is 0 Å². The summed E-state index contributed by atoms with van der Waals surface area (Å²) in [6, 6.07) is -1.06. The number of ether oxygens (including phenoxy) is 1. The van der Waals surface area contributed by atoms with Gasteiger partial charge < -0.3 is 13.6 Å². The number of nitrogens with zero attached hydrogens (tertiary/aromatic N) is 2. The van der Waals surface area contributed by atoms with Crippen molar-refractivity contribution in [1.29, 1.82) is 0 Å². The van der Waals surface area contributed by atoms with Gasteiger partial charge in [-0.1, -0.05) is 13.3 Å². The Bertz CT molecular complexity index is 712. The topological polar surface area (TPSA) is 102 Å². The molecule has 2 heterocycles. The first kappa shape index (κ1) is 18.9. The second-order valence-corrected chi connectivity index (χ2v) is 6.05. The van der Waals surface area contributed by atoms with Gasteiger partial charge in [0.1, 0.15) is 11.7 Å². The quantitative estimate of drug-likeness (QED) is 0.751. The third kappa shape index (κ3) is 4.34. The molecule has 8 nitrogen and oxygen atoms in total. The van der Waals surface area contributed by atoms with E-state index in [2.05, 4.69) is 16.1 Å². The SMILES string of the molecule is C=NC(=O)[C@@H]1CC(F)(CCC)CCN1C(=O)OCc1oc(=O)oc1C.